The molecule has 0 radical (unpaired) electrons. The zero-order chi connectivity index (χ0) is 19.4. The summed E-state index contributed by atoms with van der Waals surface area (Å²) in [5.74, 6) is -1.19. The third-order valence-electron chi connectivity index (χ3n) is 5.76. The minimum absolute atomic E-state index is 0.136. The molecular weight excluding hydrogens is 398 g/mol. The number of carbonyl (C=O) groups is 3. The van der Waals surface area contributed by atoms with Crippen LogP contribution in [0.3, 0.4) is 0 Å². The molecule has 4 atom stereocenters. The number of benzene rings is 1. The van der Waals surface area contributed by atoms with Crippen LogP contribution in [-0.4, -0.2) is 34.2 Å². The lowest BCUT2D eigenvalue weighted by Crippen LogP contribution is -2.39. The number of halogens is 1. The summed E-state index contributed by atoms with van der Waals surface area (Å²) < 4.78 is 0. The number of nitrogens with zero attached hydrogens (tertiary/aromatic N) is 2. The van der Waals surface area contributed by atoms with Crippen molar-refractivity contribution in [2.24, 2.45) is 23.7 Å². The van der Waals surface area contributed by atoms with E-state index in [0.717, 1.165) is 16.9 Å². The maximum atomic E-state index is 12.7. The molecule has 1 saturated heterocycles. The molecule has 1 aliphatic heterocycles. The van der Waals surface area contributed by atoms with Crippen LogP contribution in [0.5, 0.6) is 0 Å². The maximum Gasteiger partial charge on any atom is 0.246 e. The number of hydrogen-bond acceptors (Lipinski definition) is 5. The molecule has 1 aromatic carbocycles. The fraction of sp³-hybridized carbons (Fsp3) is 0.300. The third kappa shape index (κ3) is 2.69. The first-order chi connectivity index (χ1) is 13.5. The van der Waals surface area contributed by atoms with Crippen molar-refractivity contribution in [1.29, 1.82) is 0 Å². The van der Waals surface area contributed by atoms with Crippen LogP contribution in [0.25, 0.3) is 11.3 Å². The molecule has 3 amide bonds. The minimum atomic E-state index is -0.429. The van der Waals surface area contributed by atoms with Crippen molar-refractivity contribution in [2.45, 2.75) is 6.42 Å². The number of likely N-dealkylation sites (tertiary alicyclic amines) is 1. The van der Waals surface area contributed by atoms with Gasteiger partial charge in [0.2, 0.25) is 17.7 Å². The number of aromatic nitrogens is 1. The summed E-state index contributed by atoms with van der Waals surface area (Å²) in [6.07, 6.45) is 4.94. The monoisotopic (exact) mass is 413 g/mol. The molecule has 2 aromatic rings. The number of amides is 3. The summed E-state index contributed by atoms with van der Waals surface area (Å²) in [5, 5.41) is 5.47. The summed E-state index contributed by atoms with van der Waals surface area (Å²) >= 11 is 7.45. The van der Waals surface area contributed by atoms with Gasteiger partial charge in [0, 0.05) is 16.0 Å². The zero-order valence-electron chi connectivity index (χ0n) is 14.7. The van der Waals surface area contributed by atoms with Gasteiger partial charge < -0.3 is 5.32 Å². The SMILES string of the molecule is O=C(CN1C(=O)[C@@H]2[C@@H](C1=O)[C@H]1C=C[C@@H]2C1)Nc1nc(-c2ccccc2Cl)cs1. The topological polar surface area (TPSA) is 79.4 Å². The van der Waals surface area contributed by atoms with E-state index >= 15 is 0 Å². The van der Waals surface area contributed by atoms with Gasteiger partial charge >= 0.3 is 0 Å². The van der Waals surface area contributed by atoms with Gasteiger partial charge in [0.15, 0.2) is 5.13 Å². The number of allylic oxidation sites excluding steroid dienone is 2. The number of carbonyl (C=O) groups excluding carboxylic acids is 3. The van der Waals surface area contributed by atoms with Gasteiger partial charge in [-0.05, 0) is 24.3 Å². The van der Waals surface area contributed by atoms with Crippen molar-refractivity contribution < 1.29 is 14.4 Å². The van der Waals surface area contributed by atoms with E-state index < -0.39 is 5.91 Å². The van der Waals surface area contributed by atoms with Gasteiger partial charge in [0.05, 0.1) is 17.5 Å². The number of fused-ring (bicyclic) bond motifs is 5. The highest BCUT2D eigenvalue weighted by molar-refractivity contribution is 7.14. The molecule has 28 heavy (non-hydrogen) atoms. The number of rotatable bonds is 4. The molecule has 1 saturated carbocycles. The second-order valence-corrected chi connectivity index (χ2v) is 8.59. The Labute approximate surface area is 170 Å². The molecule has 5 rings (SSSR count). The van der Waals surface area contributed by atoms with Crippen molar-refractivity contribution in [3.05, 3.63) is 46.8 Å². The van der Waals surface area contributed by atoms with Crippen LogP contribution in [0.1, 0.15) is 6.42 Å². The van der Waals surface area contributed by atoms with Crippen LogP contribution in [0.15, 0.2) is 41.8 Å². The van der Waals surface area contributed by atoms with Crippen LogP contribution in [0.4, 0.5) is 5.13 Å². The molecule has 1 aromatic heterocycles. The molecule has 2 fully saturated rings. The average molecular weight is 414 g/mol. The number of nitrogens with one attached hydrogen (secondary N) is 1. The molecule has 6 nitrogen and oxygen atoms in total. The highest BCUT2D eigenvalue weighted by Crippen LogP contribution is 2.52. The largest absolute Gasteiger partial charge is 0.300 e. The summed E-state index contributed by atoms with van der Waals surface area (Å²) in [6.45, 7) is -0.273. The summed E-state index contributed by atoms with van der Waals surface area (Å²) in [4.78, 5) is 43.3. The molecule has 2 aliphatic carbocycles. The van der Waals surface area contributed by atoms with Crippen molar-refractivity contribution in [3.63, 3.8) is 0 Å². The fourth-order valence-corrected chi connectivity index (χ4v) is 5.51. The van der Waals surface area contributed by atoms with Gasteiger partial charge in [-0.3, -0.25) is 19.3 Å². The Morgan fingerprint density at radius 1 is 1.18 bits per heavy atom. The molecule has 0 spiro atoms. The lowest BCUT2D eigenvalue weighted by atomic mass is 9.85. The Morgan fingerprint density at radius 2 is 1.86 bits per heavy atom. The number of imide groups is 1. The summed E-state index contributed by atoms with van der Waals surface area (Å²) in [5.41, 5.74) is 1.44. The lowest BCUT2D eigenvalue weighted by molar-refractivity contribution is -0.143. The van der Waals surface area contributed by atoms with E-state index in [-0.39, 0.29) is 42.0 Å². The molecule has 3 aliphatic rings. The highest BCUT2D eigenvalue weighted by Gasteiger charge is 2.59. The lowest BCUT2D eigenvalue weighted by Gasteiger charge is -2.16. The van der Waals surface area contributed by atoms with E-state index in [1.807, 2.05) is 30.4 Å². The predicted molar refractivity (Wildman–Crippen MR) is 106 cm³/mol. The van der Waals surface area contributed by atoms with Crippen LogP contribution < -0.4 is 5.32 Å². The van der Waals surface area contributed by atoms with E-state index in [4.69, 9.17) is 11.6 Å². The molecular formula is C20H16ClN3O3S. The summed E-state index contributed by atoms with van der Waals surface area (Å²) in [7, 11) is 0. The standard InChI is InChI=1S/C20H16ClN3O3S/c21-13-4-2-1-3-12(13)14-9-28-20(22-14)23-15(25)8-24-18(26)16-10-5-6-11(7-10)17(16)19(24)27/h1-6,9-11,16-17H,7-8H2,(H,22,23,25)/t10-,11+,16-,17-/m0/s1. The maximum absolute atomic E-state index is 12.7. The molecule has 1 N–H and O–H groups in total. The molecule has 8 heteroatoms. The molecule has 2 heterocycles. The van der Waals surface area contributed by atoms with Gasteiger partial charge in [-0.25, -0.2) is 4.98 Å². The summed E-state index contributed by atoms with van der Waals surface area (Å²) in [6, 6.07) is 7.33. The fourth-order valence-electron chi connectivity index (χ4n) is 4.55. The molecule has 142 valence electrons. The Bertz CT molecular complexity index is 1000. The van der Waals surface area contributed by atoms with Gasteiger partial charge in [-0.1, -0.05) is 42.0 Å². The van der Waals surface area contributed by atoms with E-state index in [1.165, 1.54) is 11.3 Å². The predicted octanol–water partition coefficient (Wildman–Crippen LogP) is 3.21. The van der Waals surface area contributed by atoms with E-state index in [0.29, 0.717) is 15.8 Å². The van der Waals surface area contributed by atoms with Crippen LogP contribution in [-0.2, 0) is 14.4 Å². The van der Waals surface area contributed by atoms with Crippen LogP contribution in [0.2, 0.25) is 5.02 Å². The Balaban J connectivity index is 1.27. The number of anilines is 1. The molecule has 0 unspecified atom stereocenters. The van der Waals surface area contributed by atoms with Crippen LogP contribution >= 0.6 is 22.9 Å². The number of thiazole rings is 1. The first-order valence-corrected chi connectivity index (χ1v) is 10.3. The second-order valence-electron chi connectivity index (χ2n) is 7.33. The first kappa shape index (κ1) is 17.6. The smallest absolute Gasteiger partial charge is 0.246 e. The average Bonchev–Trinajstić information content (AvgIpc) is 3.44. The Hall–Kier alpha value is -2.51. The van der Waals surface area contributed by atoms with Gasteiger partial charge in [-0.15, -0.1) is 11.3 Å². The minimum Gasteiger partial charge on any atom is -0.300 e. The van der Waals surface area contributed by atoms with Crippen molar-refractivity contribution in [1.82, 2.24) is 9.88 Å². The third-order valence-corrected chi connectivity index (χ3v) is 6.85. The van der Waals surface area contributed by atoms with Crippen molar-refractivity contribution in [3.8, 4) is 11.3 Å². The second kappa shape index (κ2) is 6.53. The quantitative estimate of drug-likeness (QED) is 0.616. The van der Waals surface area contributed by atoms with Gasteiger partial charge in [0.1, 0.15) is 6.54 Å². The van der Waals surface area contributed by atoms with E-state index in [9.17, 15) is 14.4 Å². The Kier molecular flexibility index (Phi) is 4.10. The first-order valence-electron chi connectivity index (χ1n) is 9.07. The van der Waals surface area contributed by atoms with E-state index in [2.05, 4.69) is 10.3 Å². The number of hydrogen-bond donors (Lipinski definition) is 1. The Morgan fingerprint density at radius 3 is 2.54 bits per heavy atom. The highest BCUT2D eigenvalue weighted by atomic mass is 35.5. The van der Waals surface area contributed by atoms with Crippen LogP contribution in [0, 0.1) is 23.7 Å². The van der Waals surface area contributed by atoms with Crippen molar-refractivity contribution in [2.75, 3.05) is 11.9 Å². The van der Waals surface area contributed by atoms with E-state index in [1.54, 1.807) is 11.4 Å². The van der Waals surface area contributed by atoms with Gasteiger partial charge in [-0.2, -0.15) is 0 Å². The normalized spacial score (nSPS) is 27.5. The zero-order valence-corrected chi connectivity index (χ0v) is 16.2. The van der Waals surface area contributed by atoms with Gasteiger partial charge in [0.25, 0.3) is 0 Å². The van der Waals surface area contributed by atoms with Crippen molar-refractivity contribution >= 4 is 45.8 Å². The molecule has 2 bridgehead atoms.